The minimum absolute atomic E-state index is 0.0967. The van der Waals surface area contributed by atoms with Crippen molar-refractivity contribution >= 4 is 23.2 Å². The lowest BCUT2D eigenvalue weighted by atomic mass is 10.2. The van der Waals surface area contributed by atoms with Crippen LogP contribution in [0, 0.1) is 0 Å². The molecular weight excluding hydrogens is 393 g/mol. The number of hydrogen-bond donors (Lipinski definition) is 1. The molecule has 3 aromatic rings. The number of amides is 1. The normalized spacial score (nSPS) is 14.1. The van der Waals surface area contributed by atoms with Gasteiger partial charge in [0.25, 0.3) is 5.91 Å². The van der Waals surface area contributed by atoms with Crippen LogP contribution < -0.4 is 5.32 Å². The van der Waals surface area contributed by atoms with Crippen molar-refractivity contribution in [3.63, 3.8) is 0 Å². The molecule has 5 nitrogen and oxygen atoms in total. The molecule has 0 aliphatic heterocycles. The average Bonchev–Trinajstić information content (AvgIpc) is 3.39. The minimum atomic E-state index is -4.49. The van der Waals surface area contributed by atoms with Crippen LogP contribution in [0.2, 0.25) is 5.15 Å². The minimum Gasteiger partial charge on any atom is -0.322 e. The second-order valence-corrected chi connectivity index (χ2v) is 6.89. The van der Waals surface area contributed by atoms with Gasteiger partial charge in [-0.15, -0.1) is 0 Å². The SMILES string of the molecule is O=C(Nc1ccc(-n2nc(C(F)(F)F)cc2C2CC2)cc1)c1ccnc(Cl)c1. The Balaban J connectivity index is 1.57. The second-order valence-electron chi connectivity index (χ2n) is 6.51. The molecule has 0 bridgehead atoms. The number of anilines is 1. The van der Waals surface area contributed by atoms with Crippen molar-refractivity contribution in [2.75, 3.05) is 5.32 Å². The van der Waals surface area contributed by atoms with Crippen molar-refractivity contribution < 1.29 is 18.0 Å². The van der Waals surface area contributed by atoms with Crippen LogP contribution in [0.25, 0.3) is 5.69 Å². The molecule has 2 aromatic heterocycles. The summed E-state index contributed by atoms with van der Waals surface area (Å²) >= 11 is 5.78. The van der Waals surface area contributed by atoms with Crippen molar-refractivity contribution in [1.82, 2.24) is 14.8 Å². The molecule has 0 saturated heterocycles. The summed E-state index contributed by atoms with van der Waals surface area (Å²) in [7, 11) is 0. The molecule has 1 aliphatic rings. The van der Waals surface area contributed by atoms with Gasteiger partial charge in [-0.25, -0.2) is 9.67 Å². The Morgan fingerprint density at radius 2 is 1.86 bits per heavy atom. The highest BCUT2D eigenvalue weighted by atomic mass is 35.5. The van der Waals surface area contributed by atoms with E-state index in [0.717, 1.165) is 18.9 Å². The van der Waals surface area contributed by atoms with E-state index in [1.165, 1.54) is 23.0 Å². The molecule has 0 unspecified atom stereocenters. The maximum atomic E-state index is 13.0. The summed E-state index contributed by atoms with van der Waals surface area (Å²) in [5, 5.41) is 6.66. The van der Waals surface area contributed by atoms with Crippen LogP contribution >= 0.6 is 11.6 Å². The van der Waals surface area contributed by atoms with Crippen LogP contribution in [0.15, 0.2) is 48.7 Å². The van der Waals surface area contributed by atoms with Gasteiger partial charge in [0, 0.05) is 29.1 Å². The molecule has 1 aliphatic carbocycles. The van der Waals surface area contributed by atoms with Crippen molar-refractivity contribution in [1.29, 1.82) is 0 Å². The first-order chi connectivity index (χ1) is 13.3. The van der Waals surface area contributed by atoms with E-state index in [1.54, 1.807) is 24.3 Å². The van der Waals surface area contributed by atoms with E-state index >= 15 is 0 Å². The molecule has 144 valence electrons. The molecule has 1 aromatic carbocycles. The van der Waals surface area contributed by atoms with Crippen LogP contribution in [0.5, 0.6) is 0 Å². The Morgan fingerprint density at radius 3 is 2.46 bits per heavy atom. The largest absolute Gasteiger partial charge is 0.435 e. The summed E-state index contributed by atoms with van der Waals surface area (Å²) in [6.45, 7) is 0. The van der Waals surface area contributed by atoms with E-state index in [-0.39, 0.29) is 17.0 Å². The highest BCUT2D eigenvalue weighted by molar-refractivity contribution is 6.29. The number of nitrogens with zero attached hydrogens (tertiary/aromatic N) is 3. The van der Waals surface area contributed by atoms with E-state index < -0.39 is 11.9 Å². The van der Waals surface area contributed by atoms with Gasteiger partial charge >= 0.3 is 6.18 Å². The summed E-state index contributed by atoms with van der Waals surface area (Å²) in [5.74, 6) is -0.270. The molecule has 1 saturated carbocycles. The number of aromatic nitrogens is 3. The Kier molecular flexibility index (Phi) is 4.58. The molecule has 1 N–H and O–H groups in total. The van der Waals surface area contributed by atoms with E-state index in [1.807, 2.05) is 0 Å². The van der Waals surface area contributed by atoms with Crippen LogP contribution in [-0.2, 0) is 6.18 Å². The summed E-state index contributed by atoms with van der Waals surface area (Å²) in [5.41, 5.74) is 0.999. The van der Waals surface area contributed by atoms with Crippen LogP contribution in [0.3, 0.4) is 0 Å². The topological polar surface area (TPSA) is 59.8 Å². The number of benzene rings is 1. The fourth-order valence-corrected chi connectivity index (χ4v) is 3.02. The van der Waals surface area contributed by atoms with Crippen LogP contribution in [0.4, 0.5) is 18.9 Å². The zero-order valence-corrected chi connectivity index (χ0v) is 15.1. The lowest BCUT2D eigenvalue weighted by molar-refractivity contribution is -0.141. The van der Waals surface area contributed by atoms with E-state index in [9.17, 15) is 18.0 Å². The third-order valence-corrected chi connectivity index (χ3v) is 4.59. The lowest BCUT2D eigenvalue weighted by Crippen LogP contribution is -2.12. The molecule has 28 heavy (non-hydrogen) atoms. The maximum absolute atomic E-state index is 13.0. The molecule has 1 amide bonds. The number of alkyl halides is 3. The lowest BCUT2D eigenvalue weighted by Gasteiger charge is -2.09. The quantitative estimate of drug-likeness (QED) is 0.615. The number of hydrogen-bond acceptors (Lipinski definition) is 3. The van der Waals surface area contributed by atoms with Crippen LogP contribution in [-0.4, -0.2) is 20.7 Å². The molecule has 0 atom stereocenters. The van der Waals surface area contributed by atoms with Gasteiger partial charge in [0.2, 0.25) is 0 Å². The van der Waals surface area contributed by atoms with Crippen molar-refractivity contribution in [3.05, 3.63) is 70.8 Å². The Hall–Kier alpha value is -2.87. The maximum Gasteiger partial charge on any atom is 0.435 e. The number of halogens is 4. The van der Waals surface area contributed by atoms with Crippen molar-refractivity contribution in [3.8, 4) is 5.69 Å². The predicted octanol–water partition coefficient (Wildman–Crippen LogP) is 5.07. The number of rotatable bonds is 4. The van der Waals surface area contributed by atoms with E-state index in [4.69, 9.17) is 11.6 Å². The summed E-state index contributed by atoms with van der Waals surface area (Å²) in [6.07, 6.45) is -1.36. The highest BCUT2D eigenvalue weighted by Gasteiger charge is 2.38. The van der Waals surface area contributed by atoms with Gasteiger partial charge < -0.3 is 5.32 Å². The molecule has 9 heteroatoms. The van der Waals surface area contributed by atoms with Gasteiger partial charge in [0.1, 0.15) is 5.15 Å². The monoisotopic (exact) mass is 406 g/mol. The van der Waals surface area contributed by atoms with Gasteiger partial charge in [-0.2, -0.15) is 18.3 Å². The van der Waals surface area contributed by atoms with Gasteiger partial charge in [0.05, 0.1) is 5.69 Å². The van der Waals surface area contributed by atoms with Gasteiger partial charge in [-0.3, -0.25) is 4.79 Å². The fraction of sp³-hybridized carbons (Fsp3) is 0.211. The summed E-state index contributed by atoms with van der Waals surface area (Å²) < 4.78 is 40.5. The number of nitrogens with one attached hydrogen (secondary N) is 1. The van der Waals surface area contributed by atoms with Crippen molar-refractivity contribution in [2.24, 2.45) is 0 Å². The van der Waals surface area contributed by atoms with E-state index in [2.05, 4.69) is 15.4 Å². The zero-order chi connectivity index (χ0) is 19.9. The molecular formula is C19H14ClF3N4O. The highest BCUT2D eigenvalue weighted by Crippen LogP contribution is 2.43. The molecule has 4 rings (SSSR count). The first-order valence-electron chi connectivity index (χ1n) is 8.52. The van der Waals surface area contributed by atoms with Crippen LogP contribution in [0.1, 0.15) is 40.5 Å². The Labute approximate surface area is 163 Å². The standard InChI is InChI=1S/C19H14ClF3N4O/c20-17-9-12(7-8-24-17)18(28)25-13-3-5-14(6-4-13)27-15(11-1-2-11)10-16(26-27)19(21,22)23/h3-11H,1-2H2,(H,25,28). The summed E-state index contributed by atoms with van der Waals surface area (Å²) in [6, 6.07) is 10.5. The number of pyridine rings is 1. The molecule has 2 heterocycles. The van der Waals surface area contributed by atoms with E-state index in [0.29, 0.717) is 22.6 Å². The van der Waals surface area contributed by atoms with Gasteiger partial charge in [-0.1, -0.05) is 11.6 Å². The van der Waals surface area contributed by atoms with Crippen molar-refractivity contribution in [2.45, 2.75) is 24.9 Å². The number of carbonyl (C=O) groups excluding carboxylic acids is 1. The summed E-state index contributed by atoms with van der Waals surface area (Å²) in [4.78, 5) is 16.1. The average molecular weight is 407 g/mol. The molecule has 1 fully saturated rings. The Bertz CT molecular complexity index is 1030. The zero-order valence-electron chi connectivity index (χ0n) is 14.4. The van der Waals surface area contributed by atoms with Gasteiger partial charge in [0.15, 0.2) is 5.69 Å². The molecule has 0 radical (unpaired) electrons. The second kappa shape index (κ2) is 6.94. The Morgan fingerprint density at radius 1 is 1.14 bits per heavy atom. The fourth-order valence-electron chi connectivity index (χ4n) is 2.84. The number of carbonyl (C=O) groups is 1. The third kappa shape index (κ3) is 3.87. The smallest absolute Gasteiger partial charge is 0.322 e. The van der Waals surface area contributed by atoms with Gasteiger partial charge in [-0.05, 0) is 55.3 Å². The first kappa shape index (κ1) is 18.5. The predicted molar refractivity (Wildman–Crippen MR) is 97.7 cm³/mol. The third-order valence-electron chi connectivity index (χ3n) is 4.38. The molecule has 0 spiro atoms. The first-order valence-corrected chi connectivity index (χ1v) is 8.89.